The first-order chi connectivity index (χ1) is 11.3. The highest BCUT2D eigenvalue weighted by Crippen LogP contribution is 2.21. The molecule has 0 amide bonds. The van der Waals surface area contributed by atoms with Gasteiger partial charge in [0.1, 0.15) is 0 Å². The molecule has 0 bridgehead atoms. The Bertz CT molecular complexity index is 785. The number of nitrogens with zero attached hydrogens (tertiary/aromatic N) is 4. The number of anilines is 1. The summed E-state index contributed by atoms with van der Waals surface area (Å²) in [7, 11) is 2.17. The number of pyridine rings is 1. The van der Waals surface area contributed by atoms with Crippen molar-refractivity contribution in [1.82, 2.24) is 14.5 Å². The summed E-state index contributed by atoms with van der Waals surface area (Å²) in [5, 5.41) is 1.33. The van der Waals surface area contributed by atoms with E-state index in [9.17, 15) is 0 Å². The Morgan fingerprint density at radius 2 is 1.83 bits per heavy atom. The SMILES string of the molecule is Cn1c(CN2CCN(c3cccnc3)CC2)cc2ccccc21. The minimum atomic E-state index is 1.02. The summed E-state index contributed by atoms with van der Waals surface area (Å²) in [5.74, 6) is 0. The van der Waals surface area contributed by atoms with Gasteiger partial charge in [0, 0.05) is 57.2 Å². The van der Waals surface area contributed by atoms with E-state index in [0.717, 1.165) is 32.7 Å². The van der Waals surface area contributed by atoms with Crippen molar-refractivity contribution < 1.29 is 0 Å². The fourth-order valence-corrected chi connectivity index (χ4v) is 3.43. The molecule has 0 aliphatic carbocycles. The van der Waals surface area contributed by atoms with E-state index in [0.29, 0.717) is 0 Å². The van der Waals surface area contributed by atoms with Crippen LogP contribution in [0.5, 0.6) is 0 Å². The van der Waals surface area contributed by atoms with Crippen LogP contribution in [0.2, 0.25) is 0 Å². The van der Waals surface area contributed by atoms with Gasteiger partial charge in [-0.25, -0.2) is 0 Å². The molecule has 4 nitrogen and oxygen atoms in total. The summed E-state index contributed by atoms with van der Waals surface area (Å²) in [6.07, 6.45) is 3.79. The van der Waals surface area contributed by atoms with E-state index in [-0.39, 0.29) is 0 Å². The van der Waals surface area contributed by atoms with E-state index in [1.54, 1.807) is 0 Å². The molecule has 0 unspecified atom stereocenters. The fourth-order valence-electron chi connectivity index (χ4n) is 3.43. The second-order valence-electron chi connectivity index (χ2n) is 6.23. The van der Waals surface area contributed by atoms with Gasteiger partial charge in [-0.2, -0.15) is 0 Å². The molecular weight excluding hydrogens is 284 g/mol. The Hall–Kier alpha value is -2.33. The molecule has 1 saturated heterocycles. The average molecular weight is 306 g/mol. The lowest BCUT2D eigenvalue weighted by Gasteiger charge is -2.35. The van der Waals surface area contributed by atoms with Crippen LogP contribution in [0.1, 0.15) is 5.69 Å². The van der Waals surface area contributed by atoms with Gasteiger partial charge in [-0.1, -0.05) is 18.2 Å². The Kier molecular flexibility index (Phi) is 3.75. The molecule has 118 valence electrons. The van der Waals surface area contributed by atoms with Gasteiger partial charge >= 0.3 is 0 Å². The molecule has 3 heterocycles. The standard InChI is InChI=1S/C19H22N4/c1-21-18(13-16-5-2-3-7-19(16)21)15-22-9-11-23(12-10-22)17-6-4-8-20-14-17/h2-8,13-14H,9-12,15H2,1H3. The maximum absolute atomic E-state index is 4.22. The highest BCUT2D eigenvalue weighted by atomic mass is 15.3. The number of benzene rings is 1. The quantitative estimate of drug-likeness (QED) is 0.743. The predicted octanol–water partition coefficient (Wildman–Crippen LogP) is 2.90. The summed E-state index contributed by atoms with van der Waals surface area (Å²) in [4.78, 5) is 9.19. The number of para-hydroxylation sites is 1. The molecule has 0 spiro atoms. The van der Waals surface area contributed by atoms with Crippen LogP contribution in [-0.2, 0) is 13.6 Å². The van der Waals surface area contributed by atoms with Crippen LogP contribution >= 0.6 is 0 Å². The molecule has 1 aliphatic rings. The number of hydrogen-bond donors (Lipinski definition) is 0. The topological polar surface area (TPSA) is 24.3 Å². The van der Waals surface area contributed by atoms with Crippen LogP contribution < -0.4 is 4.90 Å². The van der Waals surface area contributed by atoms with E-state index >= 15 is 0 Å². The summed E-state index contributed by atoms with van der Waals surface area (Å²) < 4.78 is 2.32. The Labute approximate surface area is 137 Å². The first kappa shape index (κ1) is 14.3. The molecule has 0 atom stereocenters. The summed E-state index contributed by atoms with van der Waals surface area (Å²) >= 11 is 0. The normalized spacial score (nSPS) is 16.1. The molecule has 1 aliphatic heterocycles. The highest BCUT2D eigenvalue weighted by molar-refractivity contribution is 5.81. The highest BCUT2D eigenvalue weighted by Gasteiger charge is 2.18. The van der Waals surface area contributed by atoms with E-state index < -0.39 is 0 Å². The Balaban J connectivity index is 1.43. The Morgan fingerprint density at radius 3 is 2.57 bits per heavy atom. The molecular formula is C19H22N4. The predicted molar refractivity (Wildman–Crippen MR) is 94.6 cm³/mol. The first-order valence-electron chi connectivity index (χ1n) is 8.22. The van der Waals surface area contributed by atoms with Crippen LogP contribution in [-0.4, -0.2) is 40.6 Å². The molecule has 23 heavy (non-hydrogen) atoms. The van der Waals surface area contributed by atoms with Crippen molar-refractivity contribution in [2.45, 2.75) is 6.54 Å². The zero-order chi connectivity index (χ0) is 15.6. The summed E-state index contributed by atoms with van der Waals surface area (Å²) in [5.41, 5.74) is 3.94. The zero-order valence-electron chi connectivity index (χ0n) is 13.5. The molecule has 1 fully saturated rings. The third kappa shape index (κ3) is 2.82. The van der Waals surface area contributed by atoms with Gasteiger partial charge in [-0.3, -0.25) is 9.88 Å². The lowest BCUT2D eigenvalue weighted by Crippen LogP contribution is -2.46. The van der Waals surface area contributed by atoms with Crippen molar-refractivity contribution >= 4 is 16.6 Å². The van der Waals surface area contributed by atoms with Crippen LogP contribution in [0.15, 0.2) is 54.9 Å². The van der Waals surface area contributed by atoms with Crippen molar-refractivity contribution in [3.63, 3.8) is 0 Å². The third-order valence-corrected chi connectivity index (χ3v) is 4.82. The molecule has 1 aromatic carbocycles. The molecule has 4 rings (SSSR count). The van der Waals surface area contributed by atoms with Crippen LogP contribution in [0.25, 0.3) is 10.9 Å². The van der Waals surface area contributed by atoms with Gasteiger partial charge in [0.2, 0.25) is 0 Å². The minimum Gasteiger partial charge on any atom is -0.368 e. The van der Waals surface area contributed by atoms with Gasteiger partial charge in [0.25, 0.3) is 0 Å². The number of fused-ring (bicyclic) bond motifs is 1. The van der Waals surface area contributed by atoms with Crippen molar-refractivity contribution in [3.05, 3.63) is 60.6 Å². The largest absolute Gasteiger partial charge is 0.368 e. The van der Waals surface area contributed by atoms with Crippen LogP contribution in [0, 0.1) is 0 Å². The van der Waals surface area contributed by atoms with E-state index in [1.165, 1.54) is 22.3 Å². The molecule has 0 saturated carbocycles. The molecule has 3 aromatic rings. The second kappa shape index (κ2) is 6.05. The van der Waals surface area contributed by atoms with Crippen LogP contribution in [0.3, 0.4) is 0 Å². The molecule has 2 aromatic heterocycles. The maximum Gasteiger partial charge on any atom is 0.0553 e. The lowest BCUT2D eigenvalue weighted by molar-refractivity contribution is 0.245. The van der Waals surface area contributed by atoms with Gasteiger partial charge < -0.3 is 9.47 Å². The Morgan fingerprint density at radius 1 is 1.00 bits per heavy atom. The van der Waals surface area contributed by atoms with E-state index in [1.807, 2.05) is 18.5 Å². The first-order valence-corrected chi connectivity index (χ1v) is 8.22. The van der Waals surface area contributed by atoms with Crippen LogP contribution in [0.4, 0.5) is 5.69 Å². The third-order valence-electron chi connectivity index (χ3n) is 4.82. The van der Waals surface area contributed by atoms with Crippen molar-refractivity contribution in [2.75, 3.05) is 31.1 Å². The number of rotatable bonds is 3. The number of piperazine rings is 1. The monoisotopic (exact) mass is 306 g/mol. The van der Waals surface area contributed by atoms with Crippen molar-refractivity contribution in [2.24, 2.45) is 7.05 Å². The van der Waals surface area contributed by atoms with Crippen molar-refractivity contribution in [1.29, 1.82) is 0 Å². The van der Waals surface area contributed by atoms with Gasteiger partial charge in [0.15, 0.2) is 0 Å². The number of aryl methyl sites for hydroxylation is 1. The average Bonchev–Trinajstić information content (AvgIpc) is 2.93. The fraction of sp³-hybridized carbons (Fsp3) is 0.316. The smallest absolute Gasteiger partial charge is 0.0553 e. The number of hydrogen-bond acceptors (Lipinski definition) is 3. The van der Waals surface area contributed by atoms with Gasteiger partial charge in [-0.05, 0) is 29.7 Å². The molecule has 0 N–H and O–H groups in total. The molecule has 0 radical (unpaired) electrons. The van der Waals surface area contributed by atoms with E-state index in [2.05, 4.69) is 62.8 Å². The maximum atomic E-state index is 4.22. The summed E-state index contributed by atoms with van der Waals surface area (Å²) in [6, 6.07) is 15.1. The van der Waals surface area contributed by atoms with Gasteiger partial charge in [0.05, 0.1) is 11.9 Å². The zero-order valence-corrected chi connectivity index (χ0v) is 13.5. The second-order valence-corrected chi connectivity index (χ2v) is 6.23. The lowest BCUT2D eigenvalue weighted by atomic mass is 10.2. The van der Waals surface area contributed by atoms with E-state index in [4.69, 9.17) is 0 Å². The van der Waals surface area contributed by atoms with Crippen molar-refractivity contribution in [3.8, 4) is 0 Å². The summed E-state index contributed by atoms with van der Waals surface area (Å²) in [6.45, 7) is 5.34. The molecule has 4 heteroatoms. The number of aromatic nitrogens is 2. The van der Waals surface area contributed by atoms with Gasteiger partial charge in [-0.15, -0.1) is 0 Å². The minimum absolute atomic E-state index is 1.02.